The molecule has 0 amide bonds. The van der Waals surface area contributed by atoms with Crippen LogP contribution in [0.5, 0.6) is 0 Å². The number of Topliss-reactive ketones (excluding diaryl/α,β-unsaturated/α-hetero) is 1. The highest BCUT2D eigenvalue weighted by Crippen LogP contribution is 2.24. The van der Waals surface area contributed by atoms with Crippen molar-refractivity contribution < 1.29 is 22.4 Å². The molecule has 1 aliphatic heterocycles. The minimum absolute atomic E-state index is 0.108. The third-order valence-corrected chi connectivity index (χ3v) is 4.33. The minimum atomic E-state index is -4.47. The highest BCUT2D eigenvalue weighted by molar-refractivity contribution is 6.16. The number of anilines is 1. The fourth-order valence-corrected chi connectivity index (χ4v) is 3.07. The quantitative estimate of drug-likeness (QED) is 0.724. The summed E-state index contributed by atoms with van der Waals surface area (Å²) >= 11 is 0. The molecule has 1 N–H and O–H groups in total. The Bertz CT molecular complexity index is 1060. The first-order chi connectivity index (χ1) is 13.9. The highest BCUT2D eigenvalue weighted by Gasteiger charge is 2.32. The number of aromatic nitrogens is 2. The molecule has 0 saturated heterocycles. The number of halogens is 3. The number of fused-ring (bicyclic) bond motifs is 1. The van der Waals surface area contributed by atoms with Crippen molar-refractivity contribution in [2.75, 3.05) is 5.32 Å². The number of alkyl halides is 3. The number of nitrogens with one attached hydrogen (secondary N) is 1. The topological polar surface area (TPSA) is 80.4 Å². The van der Waals surface area contributed by atoms with Crippen LogP contribution in [0.25, 0.3) is 0 Å². The van der Waals surface area contributed by atoms with Crippen LogP contribution < -0.4 is 5.32 Å². The SMILES string of the molecule is O=C1Cc2ccccc2C(c2ccccc2)=NC1Nc1nnc(CC(F)(F)F)o1. The van der Waals surface area contributed by atoms with Gasteiger partial charge in [0, 0.05) is 17.5 Å². The number of hydrogen-bond donors (Lipinski definition) is 1. The number of nitrogens with zero attached hydrogens (tertiary/aromatic N) is 3. The third-order valence-electron chi connectivity index (χ3n) is 4.33. The van der Waals surface area contributed by atoms with Crippen LogP contribution in [0.2, 0.25) is 0 Å². The lowest BCUT2D eigenvalue weighted by atomic mass is 9.96. The lowest BCUT2D eigenvalue weighted by molar-refractivity contribution is -0.130. The van der Waals surface area contributed by atoms with Gasteiger partial charge in [0.25, 0.3) is 0 Å². The van der Waals surface area contributed by atoms with Crippen molar-refractivity contribution in [2.45, 2.75) is 25.2 Å². The van der Waals surface area contributed by atoms with Crippen molar-refractivity contribution in [3.63, 3.8) is 0 Å². The van der Waals surface area contributed by atoms with Crippen molar-refractivity contribution in [1.29, 1.82) is 0 Å². The van der Waals surface area contributed by atoms with E-state index in [0.717, 1.165) is 16.7 Å². The van der Waals surface area contributed by atoms with Crippen molar-refractivity contribution in [3.8, 4) is 0 Å². The van der Waals surface area contributed by atoms with Gasteiger partial charge < -0.3 is 9.73 Å². The summed E-state index contributed by atoms with van der Waals surface area (Å²) in [5.74, 6) is -0.851. The van der Waals surface area contributed by atoms with Crippen LogP contribution in [0.15, 0.2) is 64.0 Å². The smallest absolute Gasteiger partial charge is 0.397 e. The van der Waals surface area contributed by atoms with E-state index in [1.165, 1.54) is 0 Å². The van der Waals surface area contributed by atoms with E-state index in [-0.39, 0.29) is 18.2 Å². The Morgan fingerprint density at radius 2 is 1.76 bits per heavy atom. The highest BCUT2D eigenvalue weighted by atomic mass is 19.4. The molecular formula is C20H15F3N4O2. The van der Waals surface area contributed by atoms with E-state index in [2.05, 4.69) is 20.5 Å². The Hall–Kier alpha value is -3.49. The van der Waals surface area contributed by atoms with Crippen LogP contribution in [0.3, 0.4) is 0 Å². The van der Waals surface area contributed by atoms with Gasteiger partial charge in [-0.3, -0.25) is 9.79 Å². The molecule has 3 aromatic rings. The standard InChI is InChI=1S/C20H15F3N4O2/c21-20(22,23)11-16-26-27-19(29-16)25-18-15(28)10-13-8-4-5-9-14(13)17(24-18)12-6-2-1-3-7-12/h1-9,18H,10-11H2,(H,25,27). The largest absolute Gasteiger partial charge is 0.408 e. The fourth-order valence-electron chi connectivity index (χ4n) is 3.07. The Balaban J connectivity index is 1.68. The van der Waals surface area contributed by atoms with Gasteiger partial charge in [-0.1, -0.05) is 59.7 Å². The molecule has 0 spiro atoms. The Morgan fingerprint density at radius 1 is 1.03 bits per heavy atom. The summed E-state index contributed by atoms with van der Waals surface area (Å²) in [6.07, 6.45) is -6.78. The van der Waals surface area contributed by atoms with Gasteiger partial charge in [0.15, 0.2) is 11.9 Å². The van der Waals surface area contributed by atoms with Crippen LogP contribution in [-0.4, -0.2) is 34.0 Å². The lowest BCUT2D eigenvalue weighted by Gasteiger charge is -2.11. The van der Waals surface area contributed by atoms with Gasteiger partial charge in [0.05, 0.1) is 5.71 Å². The minimum Gasteiger partial charge on any atom is -0.408 e. The maximum absolute atomic E-state index is 12.8. The van der Waals surface area contributed by atoms with Crippen LogP contribution >= 0.6 is 0 Å². The number of benzene rings is 2. The number of hydrogen-bond acceptors (Lipinski definition) is 6. The molecule has 6 nitrogen and oxygen atoms in total. The molecule has 1 aromatic heterocycles. The number of carbonyl (C=O) groups is 1. The molecule has 0 saturated carbocycles. The number of rotatable bonds is 4. The van der Waals surface area contributed by atoms with Crippen molar-refractivity contribution in [1.82, 2.24) is 10.2 Å². The lowest BCUT2D eigenvalue weighted by Crippen LogP contribution is -2.29. The molecular weight excluding hydrogens is 385 g/mol. The van der Waals surface area contributed by atoms with Crippen LogP contribution in [0.1, 0.15) is 22.6 Å². The molecule has 2 aromatic carbocycles. The van der Waals surface area contributed by atoms with E-state index in [4.69, 9.17) is 4.42 Å². The predicted octanol–water partition coefficient (Wildman–Crippen LogP) is 3.58. The molecule has 0 bridgehead atoms. The summed E-state index contributed by atoms with van der Waals surface area (Å²) < 4.78 is 42.5. The molecule has 1 unspecified atom stereocenters. The average Bonchev–Trinajstić information content (AvgIpc) is 3.05. The van der Waals surface area contributed by atoms with E-state index >= 15 is 0 Å². The second-order valence-corrected chi connectivity index (χ2v) is 6.48. The summed E-state index contributed by atoms with van der Waals surface area (Å²) in [5.41, 5.74) is 3.04. The van der Waals surface area contributed by atoms with Crippen molar-refractivity contribution in [2.24, 2.45) is 4.99 Å². The second kappa shape index (κ2) is 7.50. The number of aliphatic imine (C=N–C) groups is 1. The van der Waals surface area contributed by atoms with Gasteiger partial charge in [0.1, 0.15) is 6.42 Å². The molecule has 0 fully saturated rings. The Morgan fingerprint density at radius 3 is 2.52 bits per heavy atom. The van der Waals surface area contributed by atoms with E-state index in [1.54, 1.807) is 0 Å². The Labute approximate surface area is 163 Å². The van der Waals surface area contributed by atoms with Gasteiger partial charge in [-0.2, -0.15) is 13.2 Å². The molecule has 0 aliphatic carbocycles. The van der Waals surface area contributed by atoms with Crippen molar-refractivity contribution in [3.05, 3.63) is 77.2 Å². The summed E-state index contributed by atoms with van der Waals surface area (Å²) in [6, 6.07) is 16.5. The Kier molecular flexibility index (Phi) is 4.87. The molecule has 1 aliphatic rings. The zero-order valence-electron chi connectivity index (χ0n) is 15.0. The van der Waals surface area contributed by atoms with Gasteiger partial charge in [-0.15, -0.1) is 5.10 Å². The summed E-state index contributed by atoms with van der Waals surface area (Å²) in [5, 5.41) is 9.60. The van der Waals surface area contributed by atoms with Gasteiger partial charge in [-0.25, -0.2) is 0 Å². The zero-order chi connectivity index (χ0) is 20.4. The molecule has 29 heavy (non-hydrogen) atoms. The van der Waals surface area contributed by atoms with E-state index in [0.29, 0.717) is 5.71 Å². The first-order valence-corrected chi connectivity index (χ1v) is 8.79. The first kappa shape index (κ1) is 18.9. The number of carbonyl (C=O) groups excluding carboxylic acids is 1. The number of ketones is 1. The maximum atomic E-state index is 12.8. The molecule has 148 valence electrons. The zero-order valence-corrected chi connectivity index (χ0v) is 15.0. The van der Waals surface area contributed by atoms with Gasteiger partial charge >= 0.3 is 12.2 Å². The average molecular weight is 400 g/mol. The van der Waals surface area contributed by atoms with Gasteiger partial charge in [-0.05, 0) is 5.56 Å². The summed E-state index contributed by atoms with van der Waals surface area (Å²) in [6.45, 7) is 0. The first-order valence-electron chi connectivity index (χ1n) is 8.79. The predicted molar refractivity (Wildman–Crippen MR) is 98.7 cm³/mol. The fraction of sp³-hybridized carbons (Fsp3) is 0.200. The van der Waals surface area contributed by atoms with E-state index < -0.39 is 24.7 Å². The van der Waals surface area contributed by atoms with Gasteiger partial charge in [0.2, 0.25) is 5.89 Å². The van der Waals surface area contributed by atoms with Crippen molar-refractivity contribution >= 4 is 17.5 Å². The monoisotopic (exact) mass is 400 g/mol. The molecule has 1 atom stereocenters. The van der Waals surface area contributed by atoms with Crippen LogP contribution in [-0.2, 0) is 17.6 Å². The summed E-state index contributed by atoms with van der Waals surface area (Å²) in [7, 11) is 0. The van der Waals surface area contributed by atoms with E-state index in [1.807, 2.05) is 54.6 Å². The van der Waals surface area contributed by atoms with Crippen LogP contribution in [0.4, 0.5) is 19.2 Å². The molecule has 9 heteroatoms. The van der Waals surface area contributed by atoms with E-state index in [9.17, 15) is 18.0 Å². The molecule has 0 radical (unpaired) electrons. The van der Waals surface area contributed by atoms with Crippen LogP contribution in [0, 0.1) is 0 Å². The second-order valence-electron chi connectivity index (χ2n) is 6.48. The normalized spacial score (nSPS) is 16.7. The maximum Gasteiger partial charge on any atom is 0.397 e. The molecule has 4 rings (SSSR count). The molecule has 2 heterocycles. The summed E-state index contributed by atoms with van der Waals surface area (Å²) in [4.78, 5) is 17.3. The third kappa shape index (κ3) is 4.34.